The number of anilines is 1. The number of hydrogen-bond donors (Lipinski definition) is 1. The van der Waals surface area contributed by atoms with Crippen LogP contribution in [0.15, 0.2) is 107 Å². The summed E-state index contributed by atoms with van der Waals surface area (Å²) in [5, 5.41) is 12.9. The van der Waals surface area contributed by atoms with Crippen molar-refractivity contribution in [2.45, 2.75) is 13.2 Å². The summed E-state index contributed by atoms with van der Waals surface area (Å²) < 4.78 is 12.6. The summed E-state index contributed by atoms with van der Waals surface area (Å²) in [6.45, 7) is 0.845. The van der Waals surface area contributed by atoms with Crippen LogP contribution in [0.25, 0.3) is 6.08 Å². The lowest BCUT2D eigenvalue weighted by molar-refractivity contribution is -0.112. The lowest BCUT2D eigenvalue weighted by atomic mass is 10.1. The largest absolute Gasteiger partial charge is 0.489 e. The zero-order valence-electron chi connectivity index (χ0n) is 19.7. The van der Waals surface area contributed by atoms with E-state index in [2.05, 4.69) is 21.2 Å². The zero-order chi connectivity index (χ0) is 26.0. The molecule has 4 rings (SSSR count). The predicted octanol–water partition coefficient (Wildman–Crippen LogP) is 7.81. The van der Waals surface area contributed by atoms with Crippen molar-refractivity contribution >= 4 is 45.2 Å². The number of nitrogens with one attached hydrogen (secondary N) is 1. The second kappa shape index (κ2) is 12.8. The first-order valence-electron chi connectivity index (χ1n) is 11.4. The van der Waals surface area contributed by atoms with Crippen molar-refractivity contribution in [2.24, 2.45) is 0 Å². The molecule has 7 heteroatoms. The molecule has 0 aliphatic carbocycles. The van der Waals surface area contributed by atoms with E-state index in [0.29, 0.717) is 41.0 Å². The van der Waals surface area contributed by atoms with Gasteiger partial charge in [-0.1, -0.05) is 63.9 Å². The van der Waals surface area contributed by atoms with E-state index in [4.69, 9.17) is 21.1 Å². The third kappa shape index (κ3) is 7.97. The molecule has 0 spiro atoms. The van der Waals surface area contributed by atoms with E-state index >= 15 is 0 Å². The quantitative estimate of drug-likeness (QED) is 0.164. The van der Waals surface area contributed by atoms with Crippen LogP contribution in [0.3, 0.4) is 0 Å². The van der Waals surface area contributed by atoms with Gasteiger partial charge in [-0.2, -0.15) is 5.26 Å². The van der Waals surface area contributed by atoms with Gasteiger partial charge in [-0.3, -0.25) is 4.79 Å². The predicted molar refractivity (Wildman–Crippen MR) is 149 cm³/mol. The van der Waals surface area contributed by atoms with Gasteiger partial charge >= 0.3 is 0 Å². The molecular weight excluding hydrogens is 552 g/mol. The van der Waals surface area contributed by atoms with Crippen molar-refractivity contribution in [1.29, 1.82) is 5.26 Å². The van der Waals surface area contributed by atoms with Crippen LogP contribution in [-0.4, -0.2) is 5.91 Å². The number of hydrogen-bond acceptors (Lipinski definition) is 4. The normalized spacial score (nSPS) is 10.9. The van der Waals surface area contributed by atoms with Crippen molar-refractivity contribution in [3.63, 3.8) is 0 Å². The van der Waals surface area contributed by atoms with E-state index in [1.54, 1.807) is 48.5 Å². The first-order valence-corrected chi connectivity index (χ1v) is 12.5. The van der Waals surface area contributed by atoms with E-state index in [1.165, 1.54) is 6.08 Å². The van der Waals surface area contributed by atoms with E-state index in [9.17, 15) is 10.1 Å². The summed E-state index contributed by atoms with van der Waals surface area (Å²) in [5.41, 5.74) is 3.31. The van der Waals surface area contributed by atoms with Crippen LogP contribution in [0, 0.1) is 11.3 Å². The van der Waals surface area contributed by atoms with Gasteiger partial charge in [0.1, 0.15) is 36.4 Å². The number of carbonyl (C=O) groups is 1. The van der Waals surface area contributed by atoms with Gasteiger partial charge in [-0.15, -0.1) is 0 Å². The highest BCUT2D eigenvalue weighted by molar-refractivity contribution is 9.10. The van der Waals surface area contributed by atoms with Gasteiger partial charge in [0.05, 0.1) is 0 Å². The fraction of sp³-hybridized carbons (Fsp3) is 0.0667. The van der Waals surface area contributed by atoms with Crippen LogP contribution in [-0.2, 0) is 18.0 Å². The molecule has 0 saturated carbocycles. The number of benzene rings is 4. The molecule has 0 unspecified atom stereocenters. The fourth-order valence-electron chi connectivity index (χ4n) is 3.30. The first kappa shape index (κ1) is 26.0. The Hall–Kier alpha value is -4.05. The molecule has 0 heterocycles. The summed E-state index contributed by atoms with van der Waals surface area (Å²) >= 11 is 9.32. The monoisotopic (exact) mass is 572 g/mol. The maximum absolute atomic E-state index is 12.6. The Morgan fingerprint density at radius 3 is 1.86 bits per heavy atom. The smallest absolute Gasteiger partial charge is 0.266 e. The number of rotatable bonds is 9. The number of halogens is 2. The summed E-state index contributed by atoms with van der Waals surface area (Å²) in [6.07, 6.45) is 1.54. The molecule has 37 heavy (non-hydrogen) atoms. The zero-order valence-corrected chi connectivity index (χ0v) is 22.0. The molecule has 5 nitrogen and oxygen atoms in total. The average Bonchev–Trinajstić information content (AvgIpc) is 2.92. The summed E-state index contributed by atoms with van der Waals surface area (Å²) in [7, 11) is 0. The SMILES string of the molecule is N#C/C(=C\c1ccc(OCc2ccc(Br)cc2)cc1)C(=O)Nc1ccc(OCc2ccc(Cl)cc2)cc1. The van der Waals surface area contributed by atoms with Crippen LogP contribution >= 0.6 is 27.5 Å². The maximum atomic E-state index is 12.6. The number of carbonyl (C=O) groups excluding carboxylic acids is 1. The number of ether oxygens (including phenoxy) is 2. The van der Waals surface area contributed by atoms with Gasteiger partial charge in [-0.05, 0) is 83.4 Å². The Balaban J connectivity index is 1.31. The molecule has 1 amide bonds. The van der Waals surface area contributed by atoms with Crippen LogP contribution in [0.5, 0.6) is 11.5 Å². The Kier molecular flexibility index (Phi) is 8.98. The fourth-order valence-corrected chi connectivity index (χ4v) is 3.69. The van der Waals surface area contributed by atoms with Gasteiger partial charge in [-0.25, -0.2) is 0 Å². The second-order valence-electron chi connectivity index (χ2n) is 8.05. The molecule has 0 saturated heterocycles. The molecule has 0 fully saturated rings. The molecule has 0 bridgehead atoms. The molecule has 184 valence electrons. The molecule has 0 aliphatic rings. The third-order valence-electron chi connectivity index (χ3n) is 5.31. The Labute approximate surface area is 229 Å². The molecular formula is C30H22BrClN2O3. The number of amides is 1. The van der Waals surface area contributed by atoms with Crippen molar-refractivity contribution in [3.8, 4) is 17.6 Å². The Morgan fingerprint density at radius 2 is 1.32 bits per heavy atom. The molecule has 1 N–H and O–H groups in total. The summed E-state index contributed by atoms with van der Waals surface area (Å²) in [4.78, 5) is 12.6. The summed E-state index contributed by atoms with van der Waals surface area (Å²) in [5.74, 6) is 0.862. The van der Waals surface area contributed by atoms with Gasteiger partial charge in [0.25, 0.3) is 5.91 Å². The minimum absolute atomic E-state index is 0.00778. The molecule has 0 radical (unpaired) electrons. The molecule has 0 aromatic heterocycles. The lowest BCUT2D eigenvalue weighted by Gasteiger charge is -2.09. The van der Waals surface area contributed by atoms with Gasteiger partial charge < -0.3 is 14.8 Å². The molecule has 0 atom stereocenters. The molecule has 0 aliphatic heterocycles. The molecule has 4 aromatic rings. The highest BCUT2D eigenvalue weighted by atomic mass is 79.9. The van der Waals surface area contributed by atoms with Gasteiger partial charge in [0.2, 0.25) is 0 Å². The topological polar surface area (TPSA) is 71.3 Å². The van der Waals surface area contributed by atoms with Gasteiger partial charge in [0, 0.05) is 15.2 Å². The van der Waals surface area contributed by atoms with Crippen molar-refractivity contribution in [2.75, 3.05) is 5.32 Å². The maximum Gasteiger partial charge on any atom is 0.266 e. The number of nitriles is 1. The van der Waals surface area contributed by atoms with Crippen LogP contribution in [0.4, 0.5) is 5.69 Å². The van der Waals surface area contributed by atoms with Crippen LogP contribution < -0.4 is 14.8 Å². The first-order chi connectivity index (χ1) is 18.0. The highest BCUT2D eigenvalue weighted by Crippen LogP contribution is 2.20. The van der Waals surface area contributed by atoms with Crippen molar-refractivity contribution in [1.82, 2.24) is 0 Å². The highest BCUT2D eigenvalue weighted by Gasteiger charge is 2.10. The van der Waals surface area contributed by atoms with Crippen molar-refractivity contribution in [3.05, 3.63) is 129 Å². The standard InChI is InChI=1S/C30H22BrClN2O3/c31-25-7-1-22(2-8-25)19-36-28-13-5-21(6-14-28)17-24(18-33)30(35)34-27-11-15-29(16-12-27)37-20-23-3-9-26(32)10-4-23/h1-17H,19-20H2,(H,34,35)/b24-17+. The molecule has 4 aromatic carbocycles. The van der Waals surface area contributed by atoms with Crippen molar-refractivity contribution < 1.29 is 14.3 Å². The van der Waals surface area contributed by atoms with E-state index in [-0.39, 0.29) is 5.57 Å². The Morgan fingerprint density at radius 1 is 0.811 bits per heavy atom. The minimum atomic E-state index is -0.493. The lowest BCUT2D eigenvalue weighted by Crippen LogP contribution is -2.13. The third-order valence-corrected chi connectivity index (χ3v) is 6.09. The van der Waals surface area contributed by atoms with E-state index in [1.807, 2.05) is 54.6 Å². The van der Waals surface area contributed by atoms with Gasteiger partial charge in [0.15, 0.2) is 0 Å². The average molecular weight is 574 g/mol. The number of nitrogens with zero attached hydrogens (tertiary/aromatic N) is 1. The second-order valence-corrected chi connectivity index (χ2v) is 9.40. The summed E-state index contributed by atoms with van der Waals surface area (Å²) in [6, 6.07) is 31.5. The minimum Gasteiger partial charge on any atom is -0.489 e. The van der Waals surface area contributed by atoms with Crippen LogP contribution in [0.1, 0.15) is 16.7 Å². The van der Waals surface area contributed by atoms with Crippen LogP contribution in [0.2, 0.25) is 5.02 Å². The Bertz CT molecular complexity index is 1410. The van der Waals surface area contributed by atoms with E-state index < -0.39 is 5.91 Å². The van der Waals surface area contributed by atoms with E-state index in [0.717, 1.165) is 15.6 Å².